The van der Waals surface area contributed by atoms with Crippen molar-refractivity contribution in [1.29, 1.82) is 0 Å². The van der Waals surface area contributed by atoms with Crippen molar-refractivity contribution in [1.82, 2.24) is 5.32 Å². The number of amides is 1. The van der Waals surface area contributed by atoms with Gasteiger partial charge in [-0.2, -0.15) is 11.8 Å². The molecule has 0 radical (unpaired) electrons. The van der Waals surface area contributed by atoms with E-state index >= 15 is 0 Å². The standard InChI is InChI=1S/C26H30N2O3S2/c1-20-13-14-22(3)25(17-20)28(33(30,31)24-11-5-4-6-12-24)18-26(29)27-15-16-32-19-23-10-8-7-9-21(23)2/h4-14,17H,15-16,18-19H2,1-3H3,(H,27,29). The van der Waals surface area contributed by atoms with Gasteiger partial charge in [-0.1, -0.05) is 54.6 Å². The van der Waals surface area contributed by atoms with E-state index in [1.807, 2.05) is 38.1 Å². The zero-order valence-electron chi connectivity index (χ0n) is 19.2. The van der Waals surface area contributed by atoms with Crippen LogP contribution in [0.3, 0.4) is 0 Å². The van der Waals surface area contributed by atoms with Crippen LogP contribution in [0.4, 0.5) is 5.69 Å². The molecule has 1 amide bonds. The van der Waals surface area contributed by atoms with E-state index in [9.17, 15) is 13.2 Å². The Balaban J connectivity index is 1.68. The summed E-state index contributed by atoms with van der Waals surface area (Å²) in [5.74, 6) is 1.29. The lowest BCUT2D eigenvalue weighted by Crippen LogP contribution is -2.41. The Morgan fingerprint density at radius 3 is 2.33 bits per heavy atom. The molecule has 3 rings (SSSR count). The molecule has 33 heavy (non-hydrogen) atoms. The summed E-state index contributed by atoms with van der Waals surface area (Å²) in [6.07, 6.45) is 0. The number of hydrogen-bond donors (Lipinski definition) is 1. The van der Waals surface area contributed by atoms with Gasteiger partial charge < -0.3 is 5.32 Å². The predicted octanol–water partition coefficient (Wildman–Crippen LogP) is 4.86. The number of carbonyl (C=O) groups excluding carboxylic acids is 1. The van der Waals surface area contributed by atoms with Gasteiger partial charge >= 0.3 is 0 Å². The van der Waals surface area contributed by atoms with Crippen molar-refractivity contribution in [2.45, 2.75) is 31.4 Å². The van der Waals surface area contributed by atoms with E-state index in [0.29, 0.717) is 12.2 Å². The third-order valence-electron chi connectivity index (χ3n) is 5.34. The maximum Gasteiger partial charge on any atom is 0.264 e. The number of rotatable bonds is 10. The SMILES string of the molecule is Cc1ccc(C)c(N(CC(=O)NCCSCc2ccccc2C)S(=O)(=O)c2ccccc2)c1. The topological polar surface area (TPSA) is 66.5 Å². The number of nitrogens with one attached hydrogen (secondary N) is 1. The fraction of sp³-hybridized carbons (Fsp3) is 0.269. The zero-order valence-corrected chi connectivity index (χ0v) is 20.9. The summed E-state index contributed by atoms with van der Waals surface area (Å²) >= 11 is 1.74. The van der Waals surface area contributed by atoms with Gasteiger partial charge in [-0.05, 0) is 61.2 Å². The molecule has 3 aromatic carbocycles. The molecule has 0 saturated heterocycles. The molecule has 7 heteroatoms. The largest absolute Gasteiger partial charge is 0.354 e. The monoisotopic (exact) mass is 482 g/mol. The second-order valence-electron chi connectivity index (χ2n) is 7.94. The molecule has 0 saturated carbocycles. The van der Waals surface area contributed by atoms with E-state index in [1.165, 1.54) is 15.4 Å². The average molecular weight is 483 g/mol. The molecule has 0 bridgehead atoms. The van der Waals surface area contributed by atoms with Crippen LogP contribution in [0.1, 0.15) is 22.3 Å². The van der Waals surface area contributed by atoms with Gasteiger partial charge in [0.05, 0.1) is 10.6 Å². The van der Waals surface area contributed by atoms with E-state index in [1.54, 1.807) is 48.2 Å². The summed E-state index contributed by atoms with van der Waals surface area (Å²) in [4.78, 5) is 12.9. The van der Waals surface area contributed by atoms with E-state index < -0.39 is 10.0 Å². The zero-order chi connectivity index (χ0) is 23.8. The first-order valence-corrected chi connectivity index (χ1v) is 13.4. The maximum atomic E-state index is 13.4. The minimum absolute atomic E-state index is 0.160. The average Bonchev–Trinajstić information content (AvgIpc) is 2.80. The van der Waals surface area contributed by atoms with Crippen molar-refractivity contribution in [3.63, 3.8) is 0 Å². The molecule has 0 aliphatic heterocycles. The van der Waals surface area contributed by atoms with Gasteiger partial charge in [-0.15, -0.1) is 0 Å². The Bertz CT molecular complexity index is 1200. The second-order valence-corrected chi connectivity index (χ2v) is 10.9. The molecule has 0 unspecified atom stereocenters. The van der Waals surface area contributed by atoms with Crippen molar-refractivity contribution in [3.05, 3.63) is 95.1 Å². The van der Waals surface area contributed by atoms with Crippen LogP contribution < -0.4 is 9.62 Å². The van der Waals surface area contributed by atoms with Crippen LogP contribution in [-0.2, 0) is 20.6 Å². The molecule has 0 aliphatic rings. The highest BCUT2D eigenvalue weighted by Gasteiger charge is 2.28. The molecule has 3 aromatic rings. The van der Waals surface area contributed by atoms with E-state index in [4.69, 9.17) is 0 Å². The quantitative estimate of drug-likeness (QED) is 0.419. The highest BCUT2D eigenvalue weighted by molar-refractivity contribution is 7.98. The molecule has 1 N–H and O–H groups in total. The van der Waals surface area contributed by atoms with Gasteiger partial charge in [0, 0.05) is 18.1 Å². The van der Waals surface area contributed by atoms with Crippen LogP contribution in [0, 0.1) is 20.8 Å². The van der Waals surface area contributed by atoms with Gasteiger partial charge in [-0.25, -0.2) is 8.42 Å². The predicted molar refractivity (Wildman–Crippen MR) is 137 cm³/mol. The Labute approximate surface area is 201 Å². The molecule has 174 valence electrons. The summed E-state index contributed by atoms with van der Waals surface area (Å²) < 4.78 is 28.1. The number of anilines is 1. The van der Waals surface area contributed by atoms with Crippen LogP contribution in [0.5, 0.6) is 0 Å². The molecule has 0 fully saturated rings. The molecule has 0 heterocycles. The van der Waals surface area contributed by atoms with Crippen molar-refractivity contribution >= 4 is 33.4 Å². The first-order chi connectivity index (χ1) is 15.8. The Morgan fingerprint density at radius 2 is 1.61 bits per heavy atom. The van der Waals surface area contributed by atoms with Gasteiger partial charge in [-0.3, -0.25) is 9.10 Å². The molecule has 0 spiro atoms. The van der Waals surface area contributed by atoms with Crippen molar-refractivity contribution in [2.24, 2.45) is 0 Å². The number of benzene rings is 3. The van der Waals surface area contributed by atoms with E-state index in [-0.39, 0.29) is 17.3 Å². The molecule has 0 aliphatic carbocycles. The molecule has 0 aromatic heterocycles. The van der Waals surface area contributed by atoms with Gasteiger partial charge in [0.1, 0.15) is 6.54 Å². The lowest BCUT2D eigenvalue weighted by molar-refractivity contribution is -0.119. The van der Waals surface area contributed by atoms with Crippen LogP contribution in [0.15, 0.2) is 77.7 Å². The summed E-state index contributed by atoms with van der Waals surface area (Å²) in [6.45, 7) is 6.04. The van der Waals surface area contributed by atoms with Gasteiger partial charge in [0.15, 0.2) is 0 Å². The van der Waals surface area contributed by atoms with Gasteiger partial charge in [0.25, 0.3) is 10.0 Å². The Kier molecular flexibility index (Phi) is 8.58. The van der Waals surface area contributed by atoms with E-state index in [0.717, 1.165) is 22.6 Å². The fourth-order valence-corrected chi connectivity index (χ4v) is 5.84. The van der Waals surface area contributed by atoms with Crippen LogP contribution >= 0.6 is 11.8 Å². The first-order valence-electron chi connectivity index (χ1n) is 10.8. The van der Waals surface area contributed by atoms with Gasteiger partial charge in [0.2, 0.25) is 5.91 Å². The summed E-state index contributed by atoms with van der Waals surface area (Å²) in [7, 11) is -3.90. The normalized spacial score (nSPS) is 11.2. The maximum absolute atomic E-state index is 13.4. The van der Waals surface area contributed by atoms with Crippen molar-refractivity contribution in [3.8, 4) is 0 Å². The highest BCUT2D eigenvalue weighted by Crippen LogP contribution is 2.27. The number of nitrogens with zero attached hydrogens (tertiary/aromatic N) is 1. The van der Waals surface area contributed by atoms with Crippen molar-refractivity contribution in [2.75, 3.05) is 23.1 Å². The number of sulfonamides is 1. The summed E-state index contributed by atoms with van der Waals surface area (Å²) in [6, 6.07) is 22.1. The highest BCUT2D eigenvalue weighted by atomic mass is 32.2. The number of aryl methyl sites for hydroxylation is 3. The third-order valence-corrected chi connectivity index (χ3v) is 8.12. The second kappa shape index (κ2) is 11.4. The molecule has 0 atom stereocenters. The first kappa shape index (κ1) is 24.9. The minimum atomic E-state index is -3.90. The molecular weight excluding hydrogens is 452 g/mol. The molecular formula is C26H30N2O3S2. The lowest BCUT2D eigenvalue weighted by Gasteiger charge is -2.26. The van der Waals surface area contributed by atoms with Crippen LogP contribution in [-0.4, -0.2) is 33.2 Å². The van der Waals surface area contributed by atoms with E-state index in [2.05, 4.69) is 24.4 Å². The van der Waals surface area contributed by atoms with Crippen LogP contribution in [0.2, 0.25) is 0 Å². The third kappa shape index (κ3) is 6.62. The Hall–Kier alpha value is -2.77. The summed E-state index contributed by atoms with van der Waals surface area (Å²) in [5, 5.41) is 2.88. The number of thioether (sulfide) groups is 1. The Morgan fingerprint density at radius 1 is 0.909 bits per heavy atom. The minimum Gasteiger partial charge on any atom is -0.354 e. The van der Waals surface area contributed by atoms with Crippen molar-refractivity contribution < 1.29 is 13.2 Å². The molecule has 5 nitrogen and oxygen atoms in total. The number of hydrogen-bond acceptors (Lipinski definition) is 4. The van der Waals surface area contributed by atoms with Crippen LogP contribution in [0.25, 0.3) is 0 Å². The fourth-order valence-electron chi connectivity index (χ4n) is 3.41. The number of carbonyl (C=O) groups is 1. The lowest BCUT2D eigenvalue weighted by atomic mass is 10.1. The summed E-state index contributed by atoms with van der Waals surface area (Å²) in [5.41, 5.74) is 4.77. The smallest absolute Gasteiger partial charge is 0.264 e.